The summed E-state index contributed by atoms with van der Waals surface area (Å²) in [7, 11) is 0. The van der Waals surface area contributed by atoms with Crippen LogP contribution in [0.3, 0.4) is 0 Å². The molecule has 1 aromatic carbocycles. The van der Waals surface area contributed by atoms with Gasteiger partial charge in [0.1, 0.15) is 0 Å². The highest BCUT2D eigenvalue weighted by atomic mass is 16.5. The van der Waals surface area contributed by atoms with Crippen LogP contribution in [0, 0.1) is 0 Å². The summed E-state index contributed by atoms with van der Waals surface area (Å²) in [5.41, 5.74) is 1.49. The first kappa shape index (κ1) is 13.6. The number of ether oxygens (including phenoxy) is 1. The minimum absolute atomic E-state index is 0.626. The molecular formula is C16H25NO. The number of nitrogens with one attached hydrogen (secondary N) is 1. The van der Waals surface area contributed by atoms with Gasteiger partial charge in [-0.1, -0.05) is 43.2 Å². The highest BCUT2D eigenvalue weighted by Crippen LogP contribution is 2.32. The van der Waals surface area contributed by atoms with E-state index in [-0.39, 0.29) is 0 Å². The quantitative estimate of drug-likeness (QED) is 0.778. The standard InChI is InChI=1S/C16H25NO/c1-2-18-13-12-17-16-11-7-6-10-15(16)14-8-4-3-5-9-14/h3-5,8-9,15-17H,2,6-7,10-13H2,1H3. The zero-order chi connectivity index (χ0) is 12.6. The van der Waals surface area contributed by atoms with E-state index in [0.717, 1.165) is 19.8 Å². The van der Waals surface area contributed by atoms with Gasteiger partial charge in [0.2, 0.25) is 0 Å². The smallest absolute Gasteiger partial charge is 0.0590 e. The van der Waals surface area contributed by atoms with E-state index < -0.39 is 0 Å². The maximum Gasteiger partial charge on any atom is 0.0590 e. The van der Waals surface area contributed by atoms with Crippen molar-refractivity contribution in [2.45, 2.75) is 44.6 Å². The Labute approximate surface area is 111 Å². The van der Waals surface area contributed by atoms with Crippen molar-refractivity contribution in [1.29, 1.82) is 0 Å². The first-order chi connectivity index (χ1) is 8.92. The van der Waals surface area contributed by atoms with E-state index in [1.54, 1.807) is 0 Å². The Bertz CT molecular complexity index is 325. The summed E-state index contributed by atoms with van der Waals surface area (Å²) in [6, 6.07) is 11.6. The Morgan fingerprint density at radius 3 is 2.72 bits per heavy atom. The van der Waals surface area contributed by atoms with Crippen LogP contribution >= 0.6 is 0 Å². The van der Waals surface area contributed by atoms with Crippen molar-refractivity contribution in [1.82, 2.24) is 5.32 Å². The number of rotatable bonds is 6. The van der Waals surface area contributed by atoms with E-state index in [4.69, 9.17) is 4.74 Å². The minimum atomic E-state index is 0.626. The van der Waals surface area contributed by atoms with Crippen LogP contribution in [0.15, 0.2) is 30.3 Å². The highest BCUT2D eigenvalue weighted by Gasteiger charge is 2.25. The zero-order valence-electron chi connectivity index (χ0n) is 11.4. The molecule has 2 rings (SSSR count). The molecule has 0 amide bonds. The third-order valence-corrected chi connectivity index (χ3v) is 3.85. The molecule has 2 nitrogen and oxygen atoms in total. The van der Waals surface area contributed by atoms with E-state index in [1.165, 1.54) is 31.2 Å². The molecule has 0 bridgehead atoms. The minimum Gasteiger partial charge on any atom is -0.380 e. The second-order valence-corrected chi connectivity index (χ2v) is 5.06. The molecule has 2 atom stereocenters. The van der Waals surface area contributed by atoms with Gasteiger partial charge in [0.15, 0.2) is 0 Å². The molecule has 2 unspecified atom stereocenters. The van der Waals surface area contributed by atoms with Crippen LogP contribution in [-0.2, 0) is 4.74 Å². The normalized spacial score (nSPS) is 24.1. The number of hydrogen-bond acceptors (Lipinski definition) is 2. The third kappa shape index (κ3) is 3.82. The molecule has 18 heavy (non-hydrogen) atoms. The third-order valence-electron chi connectivity index (χ3n) is 3.85. The van der Waals surface area contributed by atoms with E-state index >= 15 is 0 Å². The van der Waals surface area contributed by atoms with Crippen LogP contribution in [0.2, 0.25) is 0 Å². The van der Waals surface area contributed by atoms with E-state index in [2.05, 4.69) is 35.6 Å². The summed E-state index contributed by atoms with van der Waals surface area (Å²) in [6.07, 6.45) is 5.33. The van der Waals surface area contributed by atoms with Gasteiger partial charge < -0.3 is 10.1 Å². The molecule has 0 radical (unpaired) electrons. The van der Waals surface area contributed by atoms with E-state index in [0.29, 0.717) is 12.0 Å². The van der Waals surface area contributed by atoms with Gasteiger partial charge in [-0.05, 0) is 31.2 Å². The van der Waals surface area contributed by atoms with Crippen molar-refractivity contribution in [3.8, 4) is 0 Å². The molecule has 0 aliphatic heterocycles. The Hall–Kier alpha value is -0.860. The molecular weight excluding hydrogens is 222 g/mol. The predicted molar refractivity (Wildman–Crippen MR) is 75.9 cm³/mol. The van der Waals surface area contributed by atoms with Crippen LogP contribution in [-0.4, -0.2) is 25.8 Å². The summed E-state index contributed by atoms with van der Waals surface area (Å²) in [5.74, 6) is 0.682. The summed E-state index contributed by atoms with van der Waals surface area (Å²) >= 11 is 0. The topological polar surface area (TPSA) is 21.3 Å². The Balaban J connectivity index is 1.90. The van der Waals surface area contributed by atoms with Crippen molar-refractivity contribution >= 4 is 0 Å². The lowest BCUT2D eigenvalue weighted by molar-refractivity contribution is 0.143. The SMILES string of the molecule is CCOCCNC1CCCCC1c1ccccc1. The van der Waals surface area contributed by atoms with Gasteiger partial charge in [0.25, 0.3) is 0 Å². The first-order valence-electron chi connectivity index (χ1n) is 7.28. The summed E-state index contributed by atoms with van der Waals surface area (Å²) in [6.45, 7) is 4.66. The highest BCUT2D eigenvalue weighted by molar-refractivity contribution is 5.21. The molecule has 1 N–H and O–H groups in total. The molecule has 1 aromatic rings. The lowest BCUT2D eigenvalue weighted by atomic mass is 9.80. The second kappa shape index (κ2) is 7.55. The Kier molecular flexibility index (Phi) is 5.69. The lowest BCUT2D eigenvalue weighted by Crippen LogP contribution is -2.39. The van der Waals surface area contributed by atoms with Crippen LogP contribution < -0.4 is 5.32 Å². The van der Waals surface area contributed by atoms with Gasteiger partial charge in [-0.25, -0.2) is 0 Å². The molecule has 0 aromatic heterocycles. The summed E-state index contributed by atoms with van der Waals surface area (Å²) < 4.78 is 5.40. The van der Waals surface area contributed by atoms with Crippen LogP contribution in [0.25, 0.3) is 0 Å². The van der Waals surface area contributed by atoms with E-state index in [9.17, 15) is 0 Å². The van der Waals surface area contributed by atoms with Gasteiger partial charge in [-0.3, -0.25) is 0 Å². The molecule has 1 aliphatic carbocycles. The molecule has 0 spiro atoms. The monoisotopic (exact) mass is 247 g/mol. The van der Waals surface area contributed by atoms with Crippen molar-refractivity contribution in [2.24, 2.45) is 0 Å². The molecule has 2 heteroatoms. The molecule has 100 valence electrons. The fourth-order valence-electron chi connectivity index (χ4n) is 2.94. The Morgan fingerprint density at radius 1 is 1.17 bits per heavy atom. The fraction of sp³-hybridized carbons (Fsp3) is 0.625. The van der Waals surface area contributed by atoms with Crippen molar-refractivity contribution in [3.63, 3.8) is 0 Å². The Morgan fingerprint density at radius 2 is 1.94 bits per heavy atom. The summed E-state index contributed by atoms with van der Waals surface area (Å²) in [4.78, 5) is 0. The van der Waals surface area contributed by atoms with Crippen molar-refractivity contribution < 1.29 is 4.74 Å². The molecule has 0 heterocycles. The molecule has 0 saturated heterocycles. The number of hydrogen-bond donors (Lipinski definition) is 1. The maximum absolute atomic E-state index is 5.40. The zero-order valence-corrected chi connectivity index (χ0v) is 11.4. The fourth-order valence-corrected chi connectivity index (χ4v) is 2.94. The van der Waals surface area contributed by atoms with Crippen LogP contribution in [0.5, 0.6) is 0 Å². The van der Waals surface area contributed by atoms with Crippen LogP contribution in [0.4, 0.5) is 0 Å². The van der Waals surface area contributed by atoms with Crippen molar-refractivity contribution in [2.75, 3.05) is 19.8 Å². The molecule has 1 saturated carbocycles. The van der Waals surface area contributed by atoms with Gasteiger partial charge in [-0.2, -0.15) is 0 Å². The average molecular weight is 247 g/mol. The van der Waals surface area contributed by atoms with E-state index in [1.807, 2.05) is 6.92 Å². The average Bonchev–Trinajstić information content (AvgIpc) is 2.45. The first-order valence-corrected chi connectivity index (χ1v) is 7.28. The van der Waals surface area contributed by atoms with Gasteiger partial charge in [0.05, 0.1) is 6.61 Å². The second-order valence-electron chi connectivity index (χ2n) is 5.06. The van der Waals surface area contributed by atoms with Gasteiger partial charge >= 0.3 is 0 Å². The number of benzene rings is 1. The van der Waals surface area contributed by atoms with Crippen LogP contribution in [0.1, 0.15) is 44.1 Å². The molecule has 1 fully saturated rings. The largest absolute Gasteiger partial charge is 0.380 e. The summed E-state index contributed by atoms with van der Waals surface area (Å²) in [5, 5.41) is 3.68. The molecule has 1 aliphatic rings. The maximum atomic E-state index is 5.40. The van der Waals surface area contributed by atoms with Gasteiger partial charge in [-0.15, -0.1) is 0 Å². The predicted octanol–water partition coefficient (Wildman–Crippen LogP) is 3.34. The van der Waals surface area contributed by atoms with Gasteiger partial charge in [0, 0.05) is 19.2 Å². The lowest BCUT2D eigenvalue weighted by Gasteiger charge is -2.32. The van der Waals surface area contributed by atoms with Crippen molar-refractivity contribution in [3.05, 3.63) is 35.9 Å².